The zero-order valence-electron chi connectivity index (χ0n) is 12.1. The second-order valence-corrected chi connectivity index (χ2v) is 4.40. The molecule has 18 heavy (non-hydrogen) atoms. The Hall–Kier alpha value is -0.870. The molecular weight excluding hydrogens is 226 g/mol. The van der Waals surface area contributed by atoms with Gasteiger partial charge in [0.15, 0.2) is 0 Å². The first kappa shape index (κ1) is 15.2. The predicted molar refractivity (Wildman–Crippen MR) is 74.8 cm³/mol. The molecule has 0 aliphatic rings. The molecule has 2 atom stereocenters. The SMILES string of the molecule is CCNC(Cc1nccn1CC)C(CC)OCC. The lowest BCUT2D eigenvalue weighted by Gasteiger charge is -2.26. The Morgan fingerprint density at radius 1 is 1.33 bits per heavy atom. The summed E-state index contributed by atoms with van der Waals surface area (Å²) in [6.45, 7) is 11.2. The van der Waals surface area contributed by atoms with Gasteiger partial charge in [0.2, 0.25) is 0 Å². The largest absolute Gasteiger partial charge is 0.377 e. The Labute approximate surface area is 111 Å². The zero-order chi connectivity index (χ0) is 13.4. The highest BCUT2D eigenvalue weighted by molar-refractivity contribution is 4.97. The van der Waals surface area contributed by atoms with Gasteiger partial charge in [-0.05, 0) is 26.8 Å². The van der Waals surface area contributed by atoms with Crippen LogP contribution in [0.1, 0.15) is 39.9 Å². The van der Waals surface area contributed by atoms with Gasteiger partial charge in [0.05, 0.1) is 6.10 Å². The molecule has 1 aromatic rings. The van der Waals surface area contributed by atoms with Gasteiger partial charge in [-0.1, -0.05) is 13.8 Å². The Morgan fingerprint density at radius 2 is 2.11 bits per heavy atom. The first-order valence-electron chi connectivity index (χ1n) is 7.11. The number of nitrogens with zero attached hydrogens (tertiary/aromatic N) is 2. The molecule has 4 nitrogen and oxygen atoms in total. The zero-order valence-corrected chi connectivity index (χ0v) is 12.1. The van der Waals surface area contributed by atoms with Crippen molar-refractivity contribution in [2.24, 2.45) is 0 Å². The number of nitrogens with one attached hydrogen (secondary N) is 1. The number of rotatable bonds is 9. The summed E-state index contributed by atoms with van der Waals surface area (Å²) in [7, 11) is 0. The number of imidazole rings is 1. The Kier molecular flexibility index (Phi) is 6.98. The molecule has 0 amide bonds. The van der Waals surface area contributed by atoms with E-state index in [1.54, 1.807) is 0 Å². The van der Waals surface area contributed by atoms with Crippen LogP contribution in [0, 0.1) is 0 Å². The van der Waals surface area contributed by atoms with Gasteiger partial charge < -0.3 is 14.6 Å². The predicted octanol–water partition coefficient (Wildman–Crippen LogP) is 2.24. The van der Waals surface area contributed by atoms with Crippen LogP contribution in [0.3, 0.4) is 0 Å². The van der Waals surface area contributed by atoms with Crippen molar-refractivity contribution in [2.75, 3.05) is 13.2 Å². The summed E-state index contributed by atoms with van der Waals surface area (Å²) in [5.41, 5.74) is 0. The highest BCUT2D eigenvalue weighted by atomic mass is 16.5. The van der Waals surface area contributed by atoms with E-state index in [9.17, 15) is 0 Å². The maximum Gasteiger partial charge on any atom is 0.110 e. The van der Waals surface area contributed by atoms with Crippen molar-refractivity contribution in [2.45, 2.75) is 59.2 Å². The van der Waals surface area contributed by atoms with Crippen molar-refractivity contribution in [1.82, 2.24) is 14.9 Å². The Balaban J connectivity index is 2.72. The van der Waals surface area contributed by atoms with Crippen LogP contribution < -0.4 is 5.32 Å². The van der Waals surface area contributed by atoms with Gasteiger partial charge in [0.25, 0.3) is 0 Å². The summed E-state index contributed by atoms with van der Waals surface area (Å²) in [6.07, 6.45) is 6.13. The van der Waals surface area contributed by atoms with Gasteiger partial charge in [-0.15, -0.1) is 0 Å². The number of hydrogen-bond acceptors (Lipinski definition) is 3. The van der Waals surface area contributed by atoms with E-state index < -0.39 is 0 Å². The summed E-state index contributed by atoms with van der Waals surface area (Å²) >= 11 is 0. The maximum atomic E-state index is 5.83. The van der Waals surface area contributed by atoms with E-state index in [-0.39, 0.29) is 6.10 Å². The van der Waals surface area contributed by atoms with Crippen LogP contribution in [0.15, 0.2) is 12.4 Å². The highest BCUT2D eigenvalue weighted by Gasteiger charge is 2.21. The van der Waals surface area contributed by atoms with Crippen LogP contribution in [0.2, 0.25) is 0 Å². The van der Waals surface area contributed by atoms with E-state index in [0.717, 1.165) is 38.4 Å². The van der Waals surface area contributed by atoms with Crippen LogP contribution in [0.4, 0.5) is 0 Å². The summed E-state index contributed by atoms with van der Waals surface area (Å²) in [5.74, 6) is 1.14. The van der Waals surface area contributed by atoms with E-state index in [4.69, 9.17) is 4.74 Å². The van der Waals surface area contributed by atoms with Crippen molar-refractivity contribution in [3.63, 3.8) is 0 Å². The molecule has 0 aliphatic heterocycles. The third-order valence-corrected chi connectivity index (χ3v) is 3.24. The minimum atomic E-state index is 0.261. The van der Waals surface area contributed by atoms with Gasteiger partial charge in [-0.25, -0.2) is 4.98 Å². The number of aromatic nitrogens is 2. The van der Waals surface area contributed by atoms with Crippen molar-refractivity contribution in [1.29, 1.82) is 0 Å². The van der Waals surface area contributed by atoms with E-state index in [1.807, 2.05) is 12.4 Å². The standard InChI is InChI=1S/C14H27N3O/c1-5-13(18-8-4)12(15-6-2)11-14-16-9-10-17(14)7-3/h9-10,12-13,15H,5-8,11H2,1-4H3. The number of aryl methyl sites for hydroxylation is 1. The van der Waals surface area contributed by atoms with Crippen LogP contribution in [-0.2, 0) is 17.7 Å². The van der Waals surface area contributed by atoms with E-state index >= 15 is 0 Å². The minimum absolute atomic E-state index is 0.261. The topological polar surface area (TPSA) is 39.1 Å². The molecule has 0 bridgehead atoms. The van der Waals surface area contributed by atoms with Crippen LogP contribution >= 0.6 is 0 Å². The average molecular weight is 253 g/mol. The highest BCUT2D eigenvalue weighted by Crippen LogP contribution is 2.11. The summed E-state index contributed by atoms with van der Waals surface area (Å²) in [5, 5.41) is 3.53. The van der Waals surface area contributed by atoms with Gasteiger partial charge in [-0.3, -0.25) is 0 Å². The fourth-order valence-electron chi connectivity index (χ4n) is 2.34. The Bertz CT molecular complexity index is 325. The molecular formula is C14H27N3O. The normalized spacial score (nSPS) is 14.7. The first-order chi connectivity index (χ1) is 8.76. The lowest BCUT2D eigenvalue weighted by molar-refractivity contribution is 0.0316. The molecule has 0 spiro atoms. The molecule has 1 aromatic heterocycles. The molecule has 104 valence electrons. The lowest BCUT2D eigenvalue weighted by atomic mass is 10.0. The van der Waals surface area contributed by atoms with Crippen molar-refractivity contribution < 1.29 is 4.74 Å². The lowest BCUT2D eigenvalue weighted by Crippen LogP contribution is -2.43. The molecule has 1 rings (SSSR count). The molecule has 4 heteroatoms. The van der Waals surface area contributed by atoms with Gasteiger partial charge >= 0.3 is 0 Å². The third kappa shape index (κ3) is 4.10. The van der Waals surface area contributed by atoms with Crippen LogP contribution in [0.5, 0.6) is 0 Å². The molecule has 0 aromatic carbocycles. The van der Waals surface area contributed by atoms with Crippen molar-refractivity contribution >= 4 is 0 Å². The average Bonchev–Trinajstić information content (AvgIpc) is 2.82. The minimum Gasteiger partial charge on any atom is -0.377 e. The molecule has 2 unspecified atom stereocenters. The van der Waals surface area contributed by atoms with E-state index in [2.05, 4.69) is 42.6 Å². The van der Waals surface area contributed by atoms with Crippen LogP contribution in [0.25, 0.3) is 0 Å². The smallest absolute Gasteiger partial charge is 0.110 e. The second kappa shape index (κ2) is 8.27. The number of ether oxygens (including phenoxy) is 1. The molecule has 0 saturated carbocycles. The summed E-state index contributed by atoms with van der Waals surface area (Å²) < 4.78 is 8.03. The molecule has 0 aliphatic carbocycles. The maximum absolute atomic E-state index is 5.83. The molecule has 0 saturated heterocycles. The van der Waals surface area contributed by atoms with Crippen molar-refractivity contribution in [3.8, 4) is 0 Å². The molecule has 1 heterocycles. The van der Waals surface area contributed by atoms with Gasteiger partial charge in [-0.2, -0.15) is 0 Å². The first-order valence-corrected chi connectivity index (χ1v) is 7.11. The Morgan fingerprint density at radius 3 is 2.67 bits per heavy atom. The van der Waals surface area contributed by atoms with E-state index in [0.29, 0.717) is 6.04 Å². The molecule has 0 radical (unpaired) electrons. The number of hydrogen-bond donors (Lipinski definition) is 1. The van der Waals surface area contributed by atoms with Crippen LogP contribution in [-0.4, -0.2) is 34.8 Å². The van der Waals surface area contributed by atoms with Gasteiger partial charge in [0, 0.05) is 38.0 Å². The fourth-order valence-corrected chi connectivity index (χ4v) is 2.34. The van der Waals surface area contributed by atoms with Crippen molar-refractivity contribution in [3.05, 3.63) is 18.2 Å². The molecule has 1 N–H and O–H groups in total. The monoisotopic (exact) mass is 253 g/mol. The third-order valence-electron chi connectivity index (χ3n) is 3.24. The summed E-state index contributed by atoms with van der Waals surface area (Å²) in [6, 6.07) is 0.340. The summed E-state index contributed by atoms with van der Waals surface area (Å²) in [4.78, 5) is 4.45. The van der Waals surface area contributed by atoms with E-state index in [1.165, 1.54) is 0 Å². The fraction of sp³-hybridized carbons (Fsp3) is 0.786. The quantitative estimate of drug-likeness (QED) is 0.733. The van der Waals surface area contributed by atoms with Gasteiger partial charge in [0.1, 0.15) is 5.82 Å². The molecule has 0 fully saturated rings. The number of likely N-dealkylation sites (N-methyl/N-ethyl adjacent to an activating group) is 1. The second-order valence-electron chi connectivity index (χ2n) is 4.40.